The molecule has 0 fully saturated rings. The molecule has 0 saturated carbocycles. The maximum atomic E-state index is 9.52. The van der Waals surface area contributed by atoms with Gasteiger partial charge in [0.25, 0.3) is 0 Å². The molecule has 0 heterocycles. The number of hydrogen-bond acceptors (Lipinski definition) is 4. The summed E-state index contributed by atoms with van der Waals surface area (Å²) in [5.41, 5.74) is 0.915. The van der Waals surface area contributed by atoms with Gasteiger partial charge in [0.1, 0.15) is 0 Å². The lowest BCUT2D eigenvalue weighted by atomic mass is 9.85. The summed E-state index contributed by atoms with van der Waals surface area (Å²) in [7, 11) is 0. The zero-order chi connectivity index (χ0) is 19.8. The van der Waals surface area contributed by atoms with Crippen molar-refractivity contribution in [3.8, 4) is 0 Å². The molecule has 1 rings (SSSR count). The van der Waals surface area contributed by atoms with Crippen LogP contribution < -0.4 is 0 Å². The van der Waals surface area contributed by atoms with E-state index in [1.807, 2.05) is 0 Å². The van der Waals surface area contributed by atoms with Crippen molar-refractivity contribution in [2.24, 2.45) is 5.41 Å². The van der Waals surface area contributed by atoms with Crippen LogP contribution in [-0.2, 0) is 6.42 Å². The van der Waals surface area contributed by atoms with Gasteiger partial charge < -0.3 is 10.2 Å². The first-order chi connectivity index (χ1) is 13.2. The van der Waals surface area contributed by atoms with Crippen molar-refractivity contribution in [2.75, 3.05) is 19.0 Å². The molecule has 1 unspecified atom stereocenters. The number of unbranched alkanes of at least 4 members (excludes halogenated alkanes) is 9. The van der Waals surface area contributed by atoms with E-state index >= 15 is 0 Å². The summed E-state index contributed by atoms with van der Waals surface area (Å²) in [4.78, 5) is 0. The highest BCUT2D eigenvalue weighted by molar-refractivity contribution is 7.81. The Morgan fingerprint density at radius 2 is 1.22 bits per heavy atom. The van der Waals surface area contributed by atoms with E-state index in [1.165, 1.54) is 69.8 Å². The van der Waals surface area contributed by atoms with Gasteiger partial charge in [-0.3, -0.25) is 0 Å². The number of thiol groups is 2. The van der Waals surface area contributed by atoms with E-state index in [1.54, 1.807) is 0 Å². The Bertz CT molecular complexity index is 441. The average molecular weight is 413 g/mol. The zero-order valence-electron chi connectivity index (χ0n) is 16.9. The Labute approximate surface area is 178 Å². The Kier molecular flexibility index (Phi) is 14.5. The van der Waals surface area contributed by atoms with Gasteiger partial charge in [-0.25, -0.2) is 0 Å². The van der Waals surface area contributed by atoms with Crippen LogP contribution in [0, 0.1) is 5.41 Å². The van der Waals surface area contributed by atoms with Gasteiger partial charge in [-0.05, 0) is 24.8 Å². The fourth-order valence-electron chi connectivity index (χ4n) is 3.50. The standard InChI is InChI=1S/C23H40O2S2/c24-18-23(19-25,20-26)22(27)17-13-8-6-4-2-1-3-5-7-10-14-21-15-11-9-12-16-21/h9,11-12,15-16,22,24-27H,1-8,10,13-14,17-20H2. The quantitative estimate of drug-likeness (QED) is 0.195. The highest BCUT2D eigenvalue weighted by Gasteiger charge is 2.34. The van der Waals surface area contributed by atoms with Crippen molar-refractivity contribution >= 4 is 25.3 Å². The number of aliphatic hydroxyl groups is 2. The molecule has 156 valence electrons. The topological polar surface area (TPSA) is 40.5 Å². The highest BCUT2D eigenvalue weighted by atomic mass is 32.1. The summed E-state index contributed by atoms with van der Waals surface area (Å²) in [6.45, 7) is -0.0982. The van der Waals surface area contributed by atoms with Crippen molar-refractivity contribution in [3.05, 3.63) is 35.9 Å². The fourth-order valence-corrected chi connectivity index (χ4v) is 4.50. The largest absolute Gasteiger partial charge is 0.396 e. The molecule has 4 heteroatoms. The molecule has 1 aromatic rings. The monoisotopic (exact) mass is 412 g/mol. The van der Waals surface area contributed by atoms with Gasteiger partial charge >= 0.3 is 0 Å². The van der Waals surface area contributed by atoms with Gasteiger partial charge in [-0.2, -0.15) is 25.3 Å². The molecule has 0 aliphatic carbocycles. The maximum absolute atomic E-state index is 9.52. The third-order valence-electron chi connectivity index (χ3n) is 5.69. The molecule has 2 N–H and O–H groups in total. The van der Waals surface area contributed by atoms with Crippen LogP contribution in [0.15, 0.2) is 30.3 Å². The second kappa shape index (κ2) is 15.7. The normalized spacial score (nSPS) is 13.0. The highest BCUT2D eigenvalue weighted by Crippen LogP contribution is 2.31. The van der Waals surface area contributed by atoms with E-state index in [4.69, 9.17) is 0 Å². The van der Waals surface area contributed by atoms with Crippen LogP contribution in [0.25, 0.3) is 0 Å². The van der Waals surface area contributed by atoms with Crippen molar-refractivity contribution in [2.45, 2.75) is 82.3 Å². The smallest absolute Gasteiger partial charge is 0.0527 e. The molecule has 2 nitrogen and oxygen atoms in total. The molecule has 0 aliphatic heterocycles. The third kappa shape index (κ3) is 10.3. The van der Waals surface area contributed by atoms with Crippen LogP contribution in [0.4, 0.5) is 0 Å². The summed E-state index contributed by atoms with van der Waals surface area (Å²) >= 11 is 8.89. The maximum Gasteiger partial charge on any atom is 0.0527 e. The van der Waals surface area contributed by atoms with E-state index < -0.39 is 5.41 Å². The molecule has 27 heavy (non-hydrogen) atoms. The number of hydrogen-bond donors (Lipinski definition) is 4. The van der Waals surface area contributed by atoms with Gasteiger partial charge in [0.15, 0.2) is 0 Å². The molecule has 0 aliphatic rings. The first-order valence-electron chi connectivity index (χ1n) is 10.7. The van der Waals surface area contributed by atoms with E-state index in [0.717, 1.165) is 12.8 Å². The average Bonchev–Trinajstić information content (AvgIpc) is 2.71. The third-order valence-corrected chi connectivity index (χ3v) is 7.12. The number of aliphatic hydroxyl groups excluding tert-OH is 2. The Morgan fingerprint density at radius 3 is 1.70 bits per heavy atom. The molecule has 1 atom stereocenters. The van der Waals surface area contributed by atoms with Gasteiger partial charge in [-0.1, -0.05) is 88.1 Å². The minimum Gasteiger partial charge on any atom is -0.396 e. The molecule has 0 saturated heterocycles. The summed E-state index contributed by atoms with van der Waals surface area (Å²) in [6.07, 6.45) is 15.2. The molecule has 0 radical (unpaired) electrons. The van der Waals surface area contributed by atoms with Gasteiger partial charge in [0.2, 0.25) is 0 Å². The minimum absolute atomic E-state index is 0.0147. The van der Waals surface area contributed by atoms with Crippen LogP contribution in [0.1, 0.15) is 76.2 Å². The zero-order valence-corrected chi connectivity index (χ0v) is 18.6. The SMILES string of the molecule is OCC(CO)(CS)C(S)CCCCCCCCCCCCc1ccccc1. The first-order valence-corrected chi connectivity index (χ1v) is 11.9. The molecular formula is C23H40O2S2. The minimum atomic E-state index is -0.549. The Balaban J connectivity index is 1.90. The van der Waals surface area contributed by atoms with Gasteiger partial charge in [0, 0.05) is 16.4 Å². The summed E-state index contributed by atoms with van der Waals surface area (Å²) < 4.78 is 0. The number of aryl methyl sites for hydroxylation is 1. The Hall–Kier alpha value is -0.160. The summed E-state index contributed by atoms with van der Waals surface area (Å²) in [5.74, 6) is 0.472. The lowest BCUT2D eigenvalue weighted by Crippen LogP contribution is -2.41. The molecular weight excluding hydrogens is 372 g/mol. The summed E-state index contributed by atoms with van der Waals surface area (Å²) in [6, 6.07) is 10.8. The lowest BCUT2D eigenvalue weighted by molar-refractivity contribution is 0.0704. The number of rotatable bonds is 17. The molecule has 0 bridgehead atoms. The van der Waals surface area contributed by atoms with Crippen LogP contribution in [-0.4, -0.2) is 34.4 Å². The van der Waals surface area contributed by atoms with Crippen LogP contribution in [0.2, 0.25) is 0 Å². The first kappa shape index (κ1) is 24.9. The second-order valence-corrected chi connectivity index (χ2v) is 8.85. The second-order valence-electron chi connectivity index (χ2n) is 7.91. The van der Waals surface area contributed by atoms with Crippen LogP contribution in [0.3, 0.4) is 0 Å². The van der Waals surface area contributed by atoms with E-state index in [0.29, 0.717) is 5.75 Å². The molecule has 0 spiro atoms. The van der Waals surface area contributed by atoms with E-state index in [-0.39, 0.29) is 18.5 Å². The van der Waals surface area contributed by atoms with Crippen molar-refractivity contribution in [3.63, 3.8) is 0 Å². The van der Waals surface area contributed by atoms with Crippen molar-refractivity contribution < 1.29 is 10.2 Å². The van der Waals surface area contributed by atoms with E-state index in [9.17, 15) is 10.2 Å². The van der Waals surface area contributed by atoms with Crippen LogP contribution >= 0.6 is 25.3 Å². The number of benzene rings is 1. The molecule has 0 amide bonds. The predicted octanol–water partition coefficient (Wildman–Crippen LogP) is 5.72. The van der Waals surface area contributed by atoms with Crippen molar-refractivity contribution in [1.82, 2.24) is 0 Å². The fraction of sp³-hybridized carbons (Fsp3) is 0.739. The Morgan fingerprint density at radius 1 is 0.741 bits per heavy atom. The summed E-state index contributed by atoms with van der Waals surface area (Å²) in [5, 5.41) is 19.1. The van der Waals surface area contributed by atoms with Crippen molar-refractivity contribution in [1.29, 1.82) is 0 Å². The van der Waals surface area contributed by atoms with Gasteiger partial charge in [-0.15, -0.1) is 0 Å². The van der Waals surface area contributed by atoms with E-state index in [2.05, 4.69) is 55.6 Å². The predicted molar refractivity (Wildman–Crippen MR) is 124 cm³/mol. The van der Waals surface area contributed by atoms with Gasteiger partial charge in [0.05, 0.1) is 13.2 Å². The molecule has 1 aromatic carbocycles. The molecule has 0 aromatic heterocycles. The lowest BCUT2D eigenvalue weighted by Gasteiger charge is -2.33. The van der Waals surface area contributed by atoms with Crippen LogP contribution in [0.5, 0.6) is 0 Å².